The highest BCUT2D eigenvalue weighted by molar-refractivity contribution is 8.15. The van der Waals surface area contributed by atoms with E-state index in [0.29, 0.717) is 10.7 Å². The molecule has 0 aliphatic carbocycles. The Bertz CT molecular complexity index is 1180. The second kappa shape index (κ2) is 18.3. The number of nitrogens with one attached hydrogen (secondary N) is 2. The topological polar surface area (TPSA) is 176 Å². The van der Waals surface area contributed by atoms with Crippen LogP contribution >= 0.6 is 23.5 Å². The van der Waals surface area contributed by atoms with E-state index >= 15 is 0 Å². The van der Waals surface area contributed by atoms with Crippen LogP contribution in [-0.4, -0.2) is 83.5 Å². The molecule has 0 bridgehead atoms. The molecule has 2 amide bonds. The number of benzene rings is 1. The van der Waals surface area contributed by atoms with Crippen molar-refractivity contribution in [3.8, 4) is 0 Å². The summed E-state index contributed by atoms with van der Waals surface area (Å²) in [5, 5.41) is 10.1. The summed E-state index contributed by atoms with van der Waals surface area (Å²) in [7, 11) is -3.29. The lowest BCUT2D eigenvalue weighted by Gasteiger charge is -2.25. The molecule has 42 heavy (non-hydrogen) atoms. The van der Waals surface area contributed by atoms with Crippen LogP contribution in [0.3, 0.4) is 0 Å². The van der Waals surface area contributed by atoms with Crippen molar-refractivity contribution in [2.45, 2.75) is 88.5 Å². The molecule has 0 saturated carbocycles. The molecule has 2 unspecified atom stereocenters. The molecule has 15 heteroatoms. The van der Waals surface area contributed by atoms with Gasteiger partial charge in [0.15, 0.2) is 5.17 Å². The van der Waals surface area contributed by atoms with Gasteiger partial charge in [-0.3, -0.25) is 23.1 Å². The Morgan fingerprint density at radius 2 is 1.81 bits per heavy atom. The standard InChI is InChI=1S/C26H38N4O4S2.CH4O4S/c1-6-7-8-9-16-30-18(2)22(24(33)28-15-14-21(31)34-26(3,4)5)36-25(30)29-23(32)19-10-12-20(13-11-19)35-17-27;1-5-6(2,3)4/h10-13,17-18,22,27H,6-9,14-16H2,1-5H3,(H,28,33);1H3,(H,2,3,4). The first-order valence-electron chi connectivity index (χ1n) is 13.5. The predicted octanol–water partition coefficient (Wildman–Crippen LogP) is 4.55. The number of nitrogens with zero attached hydrogens (tertiary/aromatic N) is 2. The molecular weight excluding hydrogens is 605 g/mol. The molecule has 1 heterocycles. The molecule has 1 fully saturated rings. The zero-order valence-corrected chi connectivity index (χ0v) is 27.4. The maximum atomic E-state index is 13.0. The maximum Gasteiger partial charge on any atom is 0.397 e. The number of rotatable bonds is 13. The number of carbonyl (C=O) groups is 3. The van der Waals surface area contributed by atoms with Crippen molar-refractivity contribution in [2.24, 2.45) is 4.99 Å². The van der Waals surface area contributed by atoms with E-state index in [9.17, 15) is 22.8 Å². The van der Waals surface area contributed by atoms with Crippen LogP contribution in [-0.2, 0) is 28.9 Å². The molecule has 1 aliphatic rings. The van der Waals surface area contributed by atoms with Gasteiger partial charge in [0.25, 0.3) is 5.91 Å². The number of unbranched alkanes of at least 4 members (excludes halogenated alkanes) is 3. The van der Waals surface area contributed by atoms with Crippen LogP contribution in [0.4, 0.5) is 0 Å². The van der Waals surface area contributed by atoms with Crippen LogP contribution in [0.5, 0.6) is 0 Å². The highest BCUT2D eigenvalue weighted by Crippen LogP contribution is 2.33. The molecule has 1 saturated heterocycles. The van der Waals surface area contributed by atoms with Crippen molar-refractivity contribution in [2.75, 3.05) is 20.2 Å². The summed E-state index contributed by atoms with van der Waals surface area (Å²) < 4.78 is 35.0. The molecule has 1 aromatic carbocycles. The first kappa shape index (κ1) is 37.6. The Morgan fingerprint density at radius 1 is 1.19 bits per heavy atom. The third-order valence-electron chi connectivity index (χ3n) is 5.67. The van der Waals surface area contributed by atoms with Gasteiger partial charge in [-0.25, -0.2) is 0 Å². The van der Waals surface area contributed by atoms with Gasteiger partial charge in [-0.05, 0) is 58.4 Å². The Hall–Kier alpha value is -2.46. The first-order valence-corrected chi connectivity index (χ1v) is 16.6. The van der Waals surface area contributed by atoms with Crippen molar-refractivity contribution in [1.82, 2.24) is 10.2 Å². The van der Waals surface area contributed by atoms with Gasteiger partial charge in [0.2, 0.25) is 5.91 Å². The summed E-state index contributed by atoms with van der Waals surface area (Å²) >= 11 is 2.56. The Kier molecular flexibility index (Phi) is 16.3. The van der Waals surface area contributed by atoms with Gasteiger partial charge < -0.3 is 20.4 Å². The van der Waals surface area contributed by atoms with E-state index in [-0.39, 0.29) is 36.8 Å². The molecule has 12 nitrogen and oxygen atoms in total. The van der Waals surface area contributed by atoms with E-state index in [1.54, 1.807) is 45.0 Å². The van der Waals surface area contributed by atoms with Crippen molar-refractivity contribution < 1.29 is 36.3 Å². The number of carbonyl (C=O) groups excluding carboxylic acids is 3. The fourth-order valence-corrected chi connectivity index (χ4v) is 5.38. The van der Waals surface area contributed by atoms with Gasteiger partial charge >= 0.3 is 16.4 Å². The first-order chi connectivity index (χ1) is 19.6. The van der Waals surface area contributed by atoms with E-state index in [0.717, 1.165) is 44.2 Å². The number of hydrogen-bond acceptors (Lipinski definition) is 10. The molecule has 0 aromatic heterocycles. The van der Waals surface area contributed by atoms with E-state index in [4.69, 9.17) is 14.7 Å². The zero-order valence-electron chi connectivity index (χ0n) is 24.9. The third-order valence-corrected chi connectivity index (χ3v) is 8.15. The van der Waals surface area contributed by atoms with Gasteiger partial charge in [-0.1, -0.05) is 49.7 Å². The van der Waals surface area contributed by atoms with Crippen molar-refractivity contribution >= 4 is 62.4 Å². The van der Waals surface area contributed by atoms with Crippen LogP contribution in [0, 0.1) is 5.41 Å². The second-order valence-corrected chi connectivity index (χ2v) is 13.5. The molecule has 0 spiro atoms. The lowest BCUT2D eigenvalue weighted by Crippen LogP contribution is -2.43. The van der Waals surface area contributed by atoms with Gasteiger partial charge in [0.1, 0.15) is 10.9 Å². The summed E-state index contributed by atoms with van der Waals surface area (Å²) in [6.45, 7) is 10.5. The molecule has 3 N–H and O–H groups in total. The smallest absolute Gasteiger partial charge is 0.397 e. The summed E-state index contributed by atoms with van der Waals surface area (Å²) in [5.74, 6) is -0.897. The van der Waals surface area contributed by atoms with Crippen LogP contribution in [0.25, 0.3) is 0 Å². The molecule has 1 aliphatic heterocycles. The normalized spacial score (nSPS) is 17.8. The van der Waals surface area contributed by atoms with Gasteiger partial charge in [-0.2, -0.15) is 13.4 Å². The highest BCUT2D eigenvalue weighted by atomic mass is 32.3. The highest BCUT2D eigenvalue weighted by Gasteiger charge is 2.40. The molecule has 2 rings (SSSR count). The summed E-state index contributed by atoms with van der Waals surface area (Å²) in [5.41, 5.74) is 1.14. The Morgan fingerprint density at radius 3 is 2.33 bits per heavy atom. The SMILES string of the molecule is CCCCCCN1C(=NC(=O)c2ccc(SC=N)cc2)SC(C(=O)NCCC(=O)OC(C)(C)C)C1C.COS(=O)(=O)O. The summed E-state index contributed by atoms with van der Waals surface area (Å²) in [6, 6.07) is 6.84. The largest absolute Gasteiger partial charge is 0.460 e. The molecule has 2 atom stereocenters. The van der Waals surface area contributed by atoms with E-state index in [1.807, 2.05) is 6.92 Å². The number of esters is 1. The van der Waals surface area contributed by atoms with Crippen LogP contribution in [0.1, 0.15) is 77.1 Å². The third kappa shape index (κ3) is 14.6. The number of thioether (sulfide) groups is 2. The summed E-state index contributed by atoms with van der Waals surface area (Å²) in [6.07, 6.45) is 4.38. The van der Waals surface area contributed by atoms with Crippen molar-refractivity contribution in [3.05, 3.63) is 29.8 Å². The summed E-state index contributed by atoms with van der Waals surface area (Å²) in [4.78, 5) is 45.2. The van der Waals surface area contributed by atoms with Gasteiger partial charge in [-0.15, -0.1) is 0 Å². The lowest BCUT2D eigenvalue weighted by molar-refractivity contribution is -0.154. The van der Waals surface area contributed by atoms with E-state index < -0.39 is 21.2 Å². The minimum atomic E-state index is -4.16. The average molecular weight is 647 g/mol. The Labute approximate surface area is 257 Å². The van der Waals surface area contributed by atoms with Crippen LogP contribution < -0.4 is 5.32 Å². The number of amidine groups is 1. The number of aliphatic imine (C=N–C) groups is 1. The Balaban J connectivity index is 0.00000132. The monoisotopic (exact) mass is 646 g/mol. The minimum Gasteiger partial charge on any atom is -0.460 e. The quantitative estimate of drug-likeness (QED) is 0.0684. The lowest BCUT2D eigenvalue weighted by atomic mass is 10.1. The van der Waals surface area contributed by atoms with Crippen molar-refractivity contribution in [1.29, 1.82) is 5.41 Å². The molecular formula is C27H42N4O8S3. The number of hydrogen-bond donors (Lipinski definition) is 3. The molecule has 0 radical (unpaired) electrons. The predicted molar refractivity (Wildman–Crippen MR) is 167 cm³/mol. The second-order valence-electron chi connectivity index (χ2n) is 10.2. The fraction of sp³-hybridized carbons (Fsp3) is 0.593. The van der Waals surface area contributed by atoms with Crippen LogP contribution in [0.15, 0.2) is 34.2 Å². The van der Waals surface area contributed by atoms with Gasteiger partial charge in [0.05, 0.1) is 19.1 Å². The average Bonchev–Trinajstić information content (AvgIpc) is 3.20. The number of ether oxygens (including phenoxy) is 1. The van der Waals surface area contributed by atoms with Crippen LogP contribution in [0.2, 0.25) is 0 Å². The fourth-order valence-electron chi connectivity index (χ4n) is 3.67. The van der Waals surface area contributed by atoms with Gasteiger partial charge in [0, 0.05) is 29.6 Å². The molecule has 1 aromatic rings. The number of amides is 2. The minimum absolute atomic E-state index is 0.0984. The molecule has 236 valence electrons. The zero-order chi connectivity index (χ0) is 31.9. The van der Waals surface area contributed by atoms with E-state index in [2.05, 4.69) is 26.3 Å². The van der Waals surface area contributed by atoms with E-state index in [1.165, 1.54) is 29.1 Å². The van der Waals surface area contributed by atoms with Crippen molar-refractivity contribution in [3.63, 3.8) is 0 Å². The maximum absolute atomic E-state index is 13.0.